The molecule has 0 bridgehead atoms. The lowest BCUT2D eigenvalue weighted by molar-refractivity contribution is 0.882. The Bertz CT molecular complexity index is 484. The summed E-state index contributed by atoms with van der Waals surface area (Å²) >= 11 is 0. The minimum Gasteiger partial charge on any atom is -0.288 e. The fourth-order valence-corrected chi connectivity index (χ4v) is 2.29. The summed E-state index contributed by atoms with van der Waals surface area (Å²) in [5, 5.41) is 4.36. The SMILES string of the molecule is CN1c2ccccc2-c2ccccc2N1C. The number of fused-ring (bicyclic) bond motifs is 3. The van der Waals surface area contributed by atoms with Crippen LogP contribution in [0.15, 0.2) is 48.5 Å². The van der Waals surface area contributed by atoms with Gasteiger partial charge in [-0.1, -0.05) is 36.4 Å². The molecule has 0 unspecified atom stereocenters. The molecular formula is C14H14N2. The van der Waals surface area contributed by atoms with Crippen LogP contribution in [0.5, 0.6) is 0 Å². The lowest BCUT2D eigenvalue weighted by atomic mass is 9.99. The third-order valence-electron chi connectivity index (χ3n) is 3.25. The van der Waals surface area contributed by atoms with Gasteiger partial charge in [0.25, 0.3) is 0 Å². The van der Waals surface area contributed by atoms with Gasteiger partial charge in [0, 0.05) is 25.2 Å². The number of hydrogen-bond acceptors (Lipinski definition) is 2. The van der Waals surface area contributed by atoms with Crippen molar-refractivity contribution in [2.24, 2.45) is 0 Å². The highest BCUT2D eigenvalue weighted by atomic mass is 15.6. The highest BCUT2D eigenvalue weighted by Crippen LogP contribution is 2.41. The minimum absolute atomic E-state index is 1.25. The molecule has 0 radical (unpaired) electrons. The van der Waals surface area contributed by atoms with E-state index < -0.39 is 0 Å². The van der Waals surface area contributed by atoms with Crippen molar-refractivity contribution in [2.45, 2.75) is 0 Å². The molecule has 2 aromatic rings. The number of rotatable bonds is 0. The van der Waals surface area contributed by atoms with E-state index in [9.17, 15) is 0 Å². The summed E-state index contributed by atoms with van der Waals surface area (Å²) in [6.45, 7) is 0. The standard InChI is InChI=1S/C14H14N2/c1-15-13-9-5-3-7-11(13)12-8-4-6-10-14(12)16(15)2/h3-10H,1-2H3. The Kier molecular flexibility index (Phi) is 1.90. The molecule has 2 heteroatoms. The molecule has 3 rings (SSSR count). The summed E-state index contributed by atoms with van der Waals surface area (Å²) < 4.78 is 0. The number of anilines is 2. The molecule has 0 atom stereocenters. The predicted molar refractivity (Wildman–Crippen MR) is 68.7 cm³/mol. The van der Waals surface area contributed by atoms with Crippen LogP contribution in [-0.2, 0) is 0 Å². The van der Waals surface area contributed by atoms with Crippen molar-refractivity contribution in [3.8, 4) is 11.1 Å². The smallest absolute Gasteiger partial charge is 0.0649 e. The van der Waals surface area contributed by atoms with E-state index in [4.69, 9.17) is 0 Å². The molecule has 1 heterocycles. The first-order valence-corrected chi connectivity index (χ1v) is 5.45. The van der Waals surface area contributed by atoms with E-state index in [1.54, 1.807) is 0 Å². The van der Waals surface area contributed by atoms with Crippen molar-refractivity contribution in [3.05, 3.63) is 48.5 Å². The first-order chi connectivity index (χ1) is 7.79. The summed E-state index contributed by atoms with van der Waals surface area (Å²) in [6, 6.07) is 17.0. The van der Waals surface area contributed by atoms with Crippen molar-refractivity contribution < 1.29 is 0 Å². The Balaban J connectivity index is 2.33. The van der Waals surface area contributed by atoms with E-state index in [2.05, 4.69) is 72.6 Å². The third-order valence-corrected chi connectivity index (χ3v) is 3.25. The molecule has 0 aliphatic carbocycles. The predicted octanol–water partition coefficient (Wildman–Crippen LogP) is 3.15. The summed E-state index contributed by atoms with van der Waals surface area (Å²) in [5.41, 5.74) is 5.12. The van der Waals surface area contributed by atoms with Crippen LogP contribution in [0.3, 0.4) is 0 Å². The highest BCUT2D eigenvalue weighted by molar-refractivity contribution is 5.91. The molecule has 0 aromatic heterocycles. The first kappa shape index (κ1) is 9.28. The average Bonchev–Trinajstić information content (AvgIpc) is 2.36. The van der Waals surface area contributed by atoms with Gasteiger partial charge in [0.05, 0.1) is 11.4 Å². The van der Waals surface area contributed by atoms with Crippen LogP contribution < -0.4 is 10.0 Å². The fraction of sp³-hybridized carbons (Fsp3) is 0.143. The quantitative estimate of drug-likeness (QED) is 0.659. The molecule has 1 aliphatic heterocycles. The van der Waals surface area contributed by atoms with Gasteiger partial charge in [0.2, 0.25) is 0 Å². The molecule has 2 nitrogen and oxygen atoms in total. The van der Waals surface area contributed by atoms with Gasteiger partial charge in [0.1, 0.15) is 0 Å². The van der Waals surface area contributed by atoms with Gasteiger partial charge < -0.3 is 0 Å². The van der Waals surface area contributed by atoms with Gasteiger partial charge in [-0.25, -0.2) is 0 Å². The van der Waals surface area contributed by atoms with Crippen molar-refractivity contribution in [1.82, 2.24) is 0 Å². The zero-order valence-electron chi connectivity index (χ0n) is 9.51. The maximum Gasteiger partial charge on any atom is 0.0649 e. The summed E-state index contributed by atoms with van der Waals surface area (Å²) in [4.78, 5) is 0. The van der Waals surface area contributed by atoms with Crippen molar-refractivity contribution in [1.29, 1.82) is 0 Å². The fourth-order valence-electron chi connectivity index (χ4n) is 2.29. The summed E-state index contributed by atoms with van der Waals surface area (Å²) in [7, 11) is 4.18. The third kappa shape index (κ3) is 1.13. The molecular weight excluding hydrogens is 196 g/mol. The second-order valence-corrected chi connectivity index (χ2v) is 4.08. The Hall–Kier alpha value is -1.96. The van der Waals surface area contributed by atoms with Gasteiger partial charge >= 0.3 is 0 Å². The van der Waals surface area contributed by atoms with Crippen LogP contribution in [0.25, 0.3) is 11.1 Å². The molecule has 2 aromatic carbocycles. The van der Waals surface area contributed by atoms with E-state index in [0.717, 1.165) is 0 Å². The lowest BCUT2D eigenvalue weighted by Crippen LogP contribution is -2.39. The normalized spacial score (nSPS) is 13.4. The van der Waals surface area contributed by atoms with Gasteiger partial charge in [-0.15, -0.1) is 0 Å². The molecule has 0 N–H and O–H groups in total. The van der Waals surface area contributed by atoms with Crippen LogP contribution >= 0.6 is 0 Å². The van der Waals surface area contributed by atoms with Gasteiger partial charge in [-0.05, 0) is 12.1 Å². The van der Waals surface area contributed by atoms with E-state index in [-0.39, 0.29) is 0 Å². The maximum atomic E-state index is 2.18. The van der Waals surface area contributed by atoms with Crippen LogP contribution in [0.4, 0.5) is 11.4 Å². The lowest BCUT2D eigenvalue weighted by Gasteiger charge is -2.38. The van der Waals surface area contributed by atoms with E-state index in [0.29, 0.717) is 0 Å². The molecule has 0 amide bonds. The average molecular weight is 210 g/mol. The monoisotopic (exact) mass is 210 g/mol. The highest BCUT2D eigenvalue weighted by Gasteiger charge is 2.22. The largest absolute Gasteiger partial charge is 0.288 e. The Labute approximate surface area is 95.7 Å². The Morgan fingerprint density at radius 2 is 1.00 bits per heavy atom. The van der Waals surface area contributed by atoms with Crippen LogP contribution in [0.2, 0.25) is 0 Å². The van der Waals surface area contributed by atoms with Crippen molar-refractivity contribution in [2.75, 3.05) is 24.1 Å². The molecule has 0 spiro atoms. The first-order valence-electron chi connectivity index (χ1n) is 5.45. The second-order valence-electron chi connectivity index (χ2n) is 4.08. The Morgan fingerprint density at radius 3 is 1.44 bits per heavy atom. The molecule has 16 heavy (non-hydrogen) atoms. The number of benzene rings is 2. The van der Waals surface area contributed by atoms with Gasteiger partial charge in [-0.2, -0.15) is 0 Å². The number of nitrogens with zero attached hydrogens (tertiary/aromatic N) is 2. The van der Waals surface area contributed by atoms with Crippen molar-refractivity contribution in [3.63, 3.8) is 0 Å². The summed E-state index contributed by atoms with van der Waals surface area (Å²) in [6.07, 6.45) is 0. The van der Waals surface area contributed by atoms with Gasteiger partial charge in [0.15, 0.2) is 0 Å². The Morgan fingerprint density at radius 1 is 0.625 bits per heavy atom. The molecule has 1 aliphatic rings. The van der Waals surface area contributed by atoms with E-state index >= 15 is 0 Å². The topological polar surface area (TPSA) is 6.48 Å². The zero-order valence-corrected chi connectivity index (χ0v) is 9.51. The molecule has 80 valence electrons. The van der Waals surface area contributed by atoms with Crippen LogP contribution in [-0.4, -0.2) is 14.1 Å². The molecule has 0 fully saturated rings. The number of hydrogen-bond donors (Lipinski definition) is 0. The molecule has 0 saturated heterocycles. The van der Waals surface area contributed by atoms with E-state index in [1.807, 2.05) is 0 Å². The van der Waals surface area contributed by atoms with E-state index in [1.165, 1.54) is 22.5 Å². The summed E-state index contributed by atoms with van der Waals surface area (Å²) in [5.74, 6) is 0. The minimum atomic E-state index is 1.25. The molecule has 0 saturated carbocycles. The van der Waals surface area contributed by atoms with Crippen LogP contribution in [0.1, 0.15) is 0 Å². The second kappa shape index (κ2) is 3.27. The maximum absolute atomic E-state index is 2.18. The number of para-hydroxylation sites is 2. The van der Waals surface area contributed by atoms with Crippen LogP contribution in [0, 0.1) is 0 Å². The van der Waals surface area contributed by atoms with Gasteiger partial charge in [-0.3, -0.25) is 10.0 Å². The van der Waals surface area contributed by atoms with Crippen molar-refractivity contribution >= 4 is 11.4 Å². The zero-order chi connectivity index (χ0) is 11.1. The number of hydrazine groups is 1.